The molecule has 1 unspecified atom stereocenters. The Kier molecular flexibility index (Phi) is 4.07. The average Bonchev–Trinajstić information content (AvgIpc) is 2.91. The molecule has 4 rings (SSSR count). The number of anilines is 1. The Hall–Kier alpha value is -2.27. The van der Waals surface area contributed by atoms with E-state index in [0.29, 0.717) is 16.5 Å². The molecule has 5 heteroatoms. The van der Waals surface area contributed by atoms with E-state index in [9.17, 15) is 8.42 Å². The molecule has 3 aromatic rings. The lowest BCUT2D eigenvalue weighted by atomic mass is 9.88. The minimum absolute atomic E-state index is 0.311. The summed E-state index contributed by atoms with van der Waals surface area (Å²) in [5.74, 6) is 1.67. The summed E-state index contributed by atoms with van der Waals surface area (Å²) in [6, 6.07) is 10.9. The Labute approximate surface area is 154 Å². The fraction of sp³-hybridized carbons (Fsp3) is 0.333. The first-order chi connectivity index (χ1) is 12.3. The lowest BCUT2D eigenvalue weighted by molar-refractivity contribution is 0.438. The summed E-state index contributed by atoms with van der Waals surface area (Å²) >= 11 is 0. The second kappa shape index (κ2) is 6.16. The van der Waals surface area contributed by atoms with Gasteiger partial charge >= 0.3 is 0 Å². The molecule has 1 aliphatic carbocycles. The van der Waals surface area contributed by atoms with Crippen molar-refractivity contribution in [3.8, 4) is 0 Å². The van der Waals surface area contributed by atoms with Gasteiger partial charge in [0.25, 0.3) is 10.0 Å². The molecule has 1 N–H and O–H groups in total. The van der Waals surface area contributed by atoms with Gasteiger partial charge in [-0.2, -0.15) is 0 Å². The molecule has 0 amide bonds. The molecule has 1 atom stereocenters. The van der Waals surface area contributed by atoms with E-state index in [1.54, 1.807) is 12.1 Å². The van der Waals surface area contributed by atoms with Crippen molar-refractivity contribution in [3.63, 3.8) is 0 Å². The first-order valence-electron chi connectivity index (χ1n) is 8.98. The summed E-state index contributed by atoms with van der Waals surface area (Å²) in [5, 5.41) is 1.02. The van der Waals surface area contributed by atoms with Crippen molar-refractivity contribution in [1.82, 2.24) is 0 Å². The fourth-order valence-corrected chi connectivity index (χ4v) is 5.10. The highest BCUT2D eigenvalue weighted by atomic mass is 32.2. The Bertz CT molecular complexity index is 1100. The van der Waals surface area contributed by atoms with Gasteiger partial charge in [-0.1, -0.05) is 24.6 Å². The van der Waals surface area contributed by atoms with Crippen LogP contribution in [0, 0.1) is 19.8 Å². The molecule has 26 heavy (non-hydrogen) atoms. The van der Waals surface area contributed by atoms with Gasteiger partial charge in [0.05, 0.1) is 4.90 Å². The molecule has 0 saturated heterocycles. The van der Waals surface area contributed by atoms with E-state index < -0.39 is 10.0 Å². The number of fused-ring (bicyclic) bond motifs is 3. The Balaban J connectivity index is 1.72. The van der Waals surface area contributed by atoms with Crippen molar-refractivity contribution in [1.29, 1.82) is 0 Å². The second-order valence-corrected chi connectivity index (χ2v) is 9.09. The van der Waals surface area contributed by atoms with Crippen LogP contribution >= 0.6 is 0 Å². The van der Waals surface area contributed by atoms with Gasteiger partial charge < -0.3 is 4.42 Å². The van der Waals surface area contributed by atoms with Crippen LogP contribution in [-0.4, -0.2) is 8.42 Å². The van der Waals surface area contributed by atoms with Gasteiger partial charge in [0.2, 0.25) is 0 Å². The van der Waals surface area contributed by atoms with Crippen LogP contribution in [0.3, 0.4) is 0 Å². The summed E-state index contributed by atoms with van der Waals surface area (Å²) in [4.78, 5) is 0.311. The summed E-state index contributed by atoms with van der Waals surface area (Å²) in [6.45, 7) is 6.01. The molecule has 0 saturated carbocycles. The van der Waals surface area contributed by atoms with Crippen molar-refractivity contribution in [2.75, 3.05) is 4.72 Å². The number of rotatable bonds is 3. The van der Waals surface area contributed by atoms with E-state index in [2.05, 4.69) is 11.6 Å². The van der Waals surface area contributed by atoms with Gasteiger partial charge in [0.1, 0.15) is 11.3 Å². The molecule has 2 aromatic carbocycles. The maximum Gasteiger partial charge on any atom is 0.262 e. The van der Waals surface area contributed by atoms with Crippen LogP contribution in [0.1, 0.15) is 35.8 Å². The number of benzene rings is 2. The van der Waals surface area contributed by atoms with Crippen LogP contribution in [0.2, 0.25) is 0 Å². The number of sulfonamides is 1. The van der Waals surface area contributed by atoms with E-state index in [-0.39, 0.29) is 0 Å². The Morgan fingerprint density at radius 2 is 1.92 bits per heavy atom. The predicted molar refractivity (Wildman–Crippen MR) is 104 cm³/mol. The second-order valence-electron chi connectivity index (χ2n) is 7.44. The highest BCUT2D eigenvalue weighted by Crippen LogP contribution is 2.35. The molecule has 0 spiro atoms. The number of nitrogens with one attached hydrogen (secondary N) is 1. The van der Waals surface area contributed by atoms with E-state index >= 15 is 0 Å². The topological polar surface area (TPSA) is 59.3 Å². The summed E-state index contributed by atoms with van der Waals surface area (Å²) < 4.78 is 34.3. The molecule has 1 aliphatic rings. The Morgan fingerprint density at radius 1 is 1.12 bits per heavy atom. The zero-order chi connectivity index (χ0) is 18.5. The molecule has 1 heterocycles. The smallest absolute Gasteiger partial charge is 0.262 e. The highest BCUT2D eigenvalue weighted by molar-refractivity contribution is 7.92. The lowest BCUT2D eigenvalue weighted by Gasteiger charge is -2.16. The average molecular weight is 369 g/mol. The summed E-state index contributed by atoms with van der Waals surface area (Å²) in [7, 11) is -3.63. The number of aryl methyl sites for hydroxylation is 3. The van der Waals surface area contributed by atoms with Crippen LogP contribution in [0.25, 0.3) is 11.0 Å². The first kappa shape index (κ1) is 17.2. The molecular weight excluding hydrogens is 346 g/mol. The molecule has 0 radical (unpaired) electrons. The zero-order valence-corrected chi connectivity index (χ0v) is 16.1. The molecule has 0 fully saturated rings. The van der Waals surface area contributed by atoms with Crippen molar-refractivity contribution in [2.24, 2.45) is 5.92 Å². The van der Waals surface area contributed by atoms with Crippen molar-refractivity contribution >= 4 is 26.7 Å². The van der Waals surface area contributed by atoms with E-state index in [4.69, 9.17) is 4.42 Å². The van der Waals surface area contributed by atoms with E-state index in [0.717, 1.165) is 47.1 Å². The largest absolute Gasteiger partial charge is 0.461 e. The molecule has 0 aliphatic heterocycles. The van der Waals surface area contributed by atoms with E-state index in [1.165, 1.54) is 5.56 Å². The Morgan fingerprint density at radius 3 is 2.69 bits per heavy atom. The fourth-order valence-electron chi connectivity index (χ4n) is 3.83. The van der Waals surface area contributed by atoms with Gasteiger partial charge in [-0.15, -0.1) is 0 Å². The number of furan rings is 1. The highest BCUT2D eigenvalue weighted by Gasteiger charge is 2.23. The third-order valence-electron chi connectivity index (χ3n) is 5.16. The normalized spacial score (nSPS) is 17.3. The van der Waals surface area contributed by atoms with Crippen molar-refractivity contribution < 1.29 is 12.8 Å². The van der Waals surface area contributed by atoms with Crippen LogP contribution in [-0.2, 0) is 22.9 Å². The zero-order valence-electron chi connectivity index (χ0n) is 15.3. The molecule has 4 nitrogen and oxygen atoms in total. The number of hydrogen-bond donors (Lipinski definition) is 1. The molecular formula is C21H23NO3S. The third kappa shape index (κ3) is 3.01. The van der Waals surface area contributed by atoms with Gasteiger partial charge in [0.15, 0.2) is 0 Å². The van der Waals surface area contributed by atoms with Gasteiger partial charge in [-0.3, -0.25) is 4.72 Å². The number of hydrogen-bond acceptors (Lipinski definition) is 3. The van der Waals surface area contributed by atoms with E-state index in [1.807, 2.05) is 38.1 Å². The quantitative estimate of drug-likeness (QED) is 0.709. The molecule has 0 bridgehead atoms. The van der Waals surface area contributed by atoms with Crippen molar-refractivity contribution in [3.05, 3.63) is 58.8 Å². The van der Waals surface area contributed by atoms with Gasteiger partial charge in [-0.05, 0) is 62.4 Å². The maximum absolute atomic E-state index is 12.8. The van der Waals surface area contributed by atoms with Gasteiger partial charge in [-0.25, -0.2) is 8.42 Å². The SMILES string of the molecule is Cc1ccc(S(=O)(=O)Nc2ccc3oc4c(c3c2)CC(C)CC4)c(C)c1. The predicted octanol–water partition coefficient (Wildman–Crippen LogP) is 4.98. The monoisotopic (exact) mass is 369 g/mol. The lowest BCUT2D eigenvalue weighted by Crippen LogP contribution is -2.14. The summed E-state index contributed by atoms with van der Waals surface area (Å²) in [6.07, 6.45) is 3.07. The van der Waals surface area contributed by atoms with Crippen LogP contribution in [0.5, 0.6) is 0 Å². The van der Waals surface area contributed by atoms with Crippen molar-refractivity contribution in [2.45, 2.75) is 44.9 Å². The van der Waals surface area contributed by atoms with Crippen LogP contribution in [0.15, 0.2) is 45.7 Å². The van der Waals surface area contributed by atoms with Crippen LogP contribution < -0.4 is 4.72 Å². The standard InChI is InChI=1S/C21H23NO3S/c1-13-5-9-21(15(3)10-13)26(23,24)22-16-6-8-20-18(12-16)17-11-14(2)4-7-19(17)25-20/h5-6,8-10,12,14,22H,4,7,11H2,1-3H3. The molecule has 136 valence electrons. The minimum Gasteiger partial charge on any atom is -0.461 e. The van der Waals surface area contributed by atoms with Crippen LogP contribution in [0.4, 0.5) is 5.69 Å². The minimum atomic E-state index is -3.63. The van der Waals surface area contributed by atoms with Gasteiger partial charge in [0, 0.05) is 23.1 Å². The first-order valence-corrected chi connectivity index (χ1v) is 10.5. The summed E-state index contributed by atoms with van der Waals surface area (Å²) in [5.41, 5.74) is 4.42. The molecule has 1 aromatic heterocycles. The maximum atomic E-state index is 12.8. The third-order valence-corrected chi connectivity index (χ3v) is 6.70.